The number of phenols is 1. The molecule has 0 aliphatic heterocycles. The summed E-state index contributed by atoms with van der Waals surface area (Å²) < 4.78 is 11.3. The lowest BCUT2D eigenvalue weighted by Crippen LogP contribution is -2.53. The van der Waals surface area contributed by atoms with Crippen molar-refractivity contribution in [2.75, 3.05) is 0 Å². The van der Waals surface area contributed by atoms with E-state index in [0.717, 1.165) is 83.5 Å². The number of aromatic hydroxyl groups is 1. The zero-order valence-electron chi connectivity index (χ0n) is 30.5. The Hall–Kier alpha value is -3.22. The van der Waals surface area contributed by atoms with Gasteiger partial charge < -0.3 is 19.7 Å². The standard InChI is InChI=1S/C24H32O4.C20H24O2/c1-5-24(28-16(3)26)13-11-22-21-8-6-17-14-18(27-15(2)25)7-9-19(17)20(21)10-12-23(22,24)4;1-3-20(22)11-9-18-17-6-4-13-12-14(21)5-7-15(13)16(17)8-10-19(18,20)2/h1,14,18-22H,6-13H2,2-4H3;1,5,7,12,16-18,21-22H,4,6,8-11H2,2H3/t18-,19-,20+,21+,22-,23-,24-;16-,17-,18+,19+,20+/m01/s1. The maximum atomic E-state index is 11.8. The minimum atomic E-state index is -0.919. The lowest BCUT2D eigenvalue weighted by atomic mass is 9.50. The van der Waals surface area contributed by atoms with Crippen LogP contribution in [-0.2, 0) is 25.5 Å². The normalized spacial score (nSPS) is 43.6. The molecule has 0 unspecified atom stereocenters. The van der Waals surface area contributed by atoms with E-state index in [1.807, 2.05) is 12.1 Å². The molecule has 7 aliphatic carbocycles. The van der Waals surface area contributed by atoms with Gasteiger partial charge in [-0.05, 0) is 161 Å². The third kappa shape index (κ3) is 5.43. The van der Waals surface area contributed by atoms with Crippen LogP contribution in [0.2, 0.25) is 0 Å². The van der Waals surface area contributed by atoms with Crippen molar-refractivity contribution in [3.05, 3.63) is 41.0 Å². The summed E-state index contributed by atoms with van der Waals surface area (Å²) in [7, 11) is 0. The van der Waals surface area contributed by atoms with E-state index in [-0.39, 0.29) is 28.9 Å². The number of rotatable bonds is 2. The average Bonchev–Trinajstić information content (AvgIpc) is 3.53. The number of aliphatic hydroxyl groups is 1. The number of fused-ring (bicyclic) bond motifs is 10. The third-order valence-corrected chi connectivity index (χ3v) is 15.5. The molecule has 0 spiro atoms. The van der Waals surface area contributed by atoms with Crippen LogP contribution in [0.3, 0.4) is 0 Å². The molecular weight excluding hydrogens is 624 g/mol. The van der Waals surface area contributed by atoms with E-state index in [9.17, 15) is 19.8 Å². The minimum absolute atomic E-state index is 0.0429. The predicted molar refractivity (Wildman–Crippen MR) is 192 cm³/mol. The molecule has 2 N–H and O–H groups in total. The minimum Gasteiger partial charge on any atom is -0.508 e. The monoisotopic (exact) mass is 680 g/mol. The number of aryl methyl sites for hydroxylation is 1. The Labute approximate surface area is 299 Å². The number of carbonyl (C=O) groups is 2. The van der Waals surface area contributed by atoms with Crippen molar-refractivity contribution in [1.29, 1.82) is 0 Å². The lowest BCUT2D eigenvalue weighted by Gasteiger charge is -2.55. The van der Waals surface area contributed by atoms with Crippen LogP contribution in [0.25, 0.3) is 0 Å². The highest BCUT2D eigenvalue weighted by molar-refractivity contribution is 5.67. The van der Waals surface area contributed by atoms with Gasteiger partial charge in [0.15, 0.2) is 5.60 Å². The summed E-state index contributed by atoms with van der Waals surface area (Å²) in [6.07, 6.45) is 28.2. The van der Waals surface area contributed by atoms with Crippen LogP contribution in [0.4, 0.5) is 0 Å². The largest absolute Gasteiger partial charge is 0.508 e. The Kier molecular flexibility index (Phi) is 8.99. The summed E-state index contributed by atoms with van der Waals surface area (Å²) in [5.74, 6) is 9.76. The first-order valence-corrected chi connectivity index (χ1v) is 19.3. The Balaban J connectivity index is 0.000000161. The van der Waals surface area contributed by atoms with Crippen molar-refractivity contribution in [3.63, 3.8) is 0 Å². The van der Waals surface area contributed by atoms with Crippen molar-refractivity contribution in [3.8, 4) is 30.4 Å². The van der Waals surface area contributed by atoms with E-state index in [2.05, 4.69) is 37.8 Å². The molecule has 6 nitrogen and oxygen atoms in total. The predicted octanol–water partition coefficient (Wildman–Crippen LogP) is 8.04. The molecular formula is C44H56O6. The molecule has 1 aromatic carbocycles. The molecule has 0 heterocycles. The summed E-state index contributed by atoms with van der Waals surface area (Å²) >= 11 is 0. The number of allylic oxidation sites excluding steroid dienone is 1. The topological polar surface area (TPSA) is 93.1 Å². The second-order valence-corrected chi connectivity index (χ2v) is 17.4. The molecule has 0 aromatic heterocycles. The SMILES string of the molecule is C#C[C@]1(O)CC[C@H]2[C@@H]3CCc4cc(O)ccc4[C@H]3CC[C@@]21C.C#C[C@]1(OC(C)=O)CC[C@H]2[C@@H]3CCC4=C[C@@H](OC(C)=O)CC[C@@H]4[C@H]3CC[C@@]21C. The van der Waals surface area contributed by atoms with Gasteiger partial charge in [-0.2, -0.15) is 0 Å². The first-order valence-electron chi connectivity index (χ1n) is 19.3. The summed E-state index contributed by atoms with van der Waals surface area (Å²) in [6, 6.07) is 5.87. The summed E-state index contributed by atoms with van der Waals surface area (Å²) in [4.78, 5) is 23.1. The van der Waals surface area contributed by atoms with Crippen molar-refractivity contribution in [1.82, 2.24) is 0 Å². The second kappa shape index (κ2) is 12.8. The first-order chi connectivity index (χ1) is 23.8. The maximum Gasteiger partial charge on any atom is 0.304 e. The maximum absolute atomic E-state index is 11.8. The van der Waals surface area contributed by atoms with Crippen LogP contribution >= 0.6 is 0 Å². The van der Waals surface area contributed by atoms with Gasteiger partial charge in [0.2, 0.25) is 0 Å². The zero-order valence-corrected chi connectivity index (χ0v) is 30.5. The molecule has 0 bridgehead atoms. The van der Waals surface area contributed by atoms with Crippen molar-refractivity contribution >= 4 is 11.9 Å². The number of esters is 2. The Morgan fingerprint density at radius 3 is 2.22 bits per heavy atom. The van der Waals surface area contributed by atoms with Crippen molar-refractivity contribution < 1.29 is 29.3 Å². The lowest BCUT2D eigenvalue weighted by molar-refractivity contribution is -0.167. The van der Waals surface area contributed by atoms with Gasteiger partial charge in [-0.1, -0.05) is 37.3 Å². The number of benzene rings is 1. The van der Waals surface area contributed by atoms with Gasteiger partial charge in [-0.3, -0.25) is 9.59 Å². The molecule has 0 radical (unpaired) electrons. The van der Waals surface area contributed by atoms with Crippen molar-refractivity contribution in [2.24, 2.45) is 46.3 Å². The second-order valence-electron chi connectivity index (χ2n) is 17.4. The molecule has 8 rings (SSSR count). The van der Waals surface area contributed by atoms with Crippen LogP contribution in [0.15, 0.2) is 29.8 Å². The fourth-order valence-corrected chi connectivity index (χ4v) is 13.1. The van der Waals surface area contributed by atoms with Crippen molar-refractivity contribution in [2.45, 2.75) is 141 Å². The van der Waals surface area contributed by atoms with Crippen LogP contribution in [0.1, 0.15) is 128 Å². The van der Waals surface area contributed by atoms with E-state index in [0.29, 0.717) is 47.2 Å². The van der Waals surface area contributed by atoms with Gasteiger partial charge in [-0.25, -0.2) is 0 Å². The van der Waals surface area contributed by atoms with Crippen LogP contribution in [0.5, 0.6) is 5.75 Å². The van der Waals surface area contributed by atoms with Gasteiger partial charge >= 0.3 is 11.9 Å². The quantitative estimate of drug-likeness (QED) is 0.187. The molecule has 0 amide bonds. The van der Waals surface area contributed by atoms with Crippen LogP contribution < -0.4 is 0 Å². The van der Waals surface area contributed by atoms with Gasteiger partial charge in [0.05, 0.1) is 0 Å². The zero-order chi connectivity index (χ0) is 35.6. The summed E-state index contributed by atoms with van der Waals surface area (Å²) in [5, 5.41) is 20.6. The number of terminal acetylenes is 2. The molecule has 268 valence electrons. The Bertz CT molecular complexity index is 1650. The summed E-state index contributed by atoms with van der Waals surface area (Å²) in [5.41, 5.74) is 2.34. The molecule has 5 fully saturated rings. The fraction of sp³-hybridized carbons (Fsp3) is 0.682. The number of phenolic OH excluding ortho intramolecular Hbond substituents is 1. The van der Waals surface area contributed by atoms with Crippen LogP contribution in [0, 0.1) is 71.0 Å². The van der Waals surface area contributed by atoms with E-state index in [4.69, 9.17) is 22.3 Å². The highest BCUT2D eigenvalue weighted by Crippen LogP contribution is 2.66. The smallest absolute Gasteiger partial charge is 0.304 e. The number of hydrogen-bond acceptors (Lipinski definition) is 6. The Morgan fingerprint density at radius 2 is 1.50 bits per heavy atom. The average molecular weight is 681 g/mol. The van der Waals surface area contributed by atoms with E-state index in [1.54, 1.807) is 0 Å². The molecule has 0 saturated heterocycles. The molecule has 6 heteroatoms. The van der Waals surface area contributed by atoms with Gasteiger partial charge in [0, 0.05) is 24.7 Å². The number of carbonyl (C=O) groups excluding carboxylic acids is 2. The first kappa shape index (κ1) is 35.2. The fourth-order valence-electron chi connectivity index (χ4n) is 13.1. The number of ether oxygens (including phenoxy) is 2. The highest BCUT2D eigenvalue weighted by Gasteiger charge is 2.64. The van der Waals surface area contributed by atoms with Crippen LogP contribution in [-0.4, -0.2) is 39.5 Å². The Morgan fingerprint density at radius 1 is 0.780 bits per heavy atom. The number of hydrogen-bond donors (Lipinski definition) is 2. The van der Waals surface area contributed by atoms with Gasteiger partial charge in [0.25, 0.3) is 0 Å². The molecule has 50 heavy (non-hydrogen) atoms. The van der Waals surface area contributed by atoms with E-state index in [1.165, 1.54) is 37.0 Å². The highest BCUT2D eigenvalue weighted by atomic mass is 16.6. The molecule has 1 aromatic rings. The van der Waals surface area contributed by atoms with Gasteiger partial charge in [0.1, 0.15) is 17.5 Å². The molecule has 5 saturated carbocycles. The molecule has 7 aliphatic rings. The summed E-state index contributed by atoms with van der Waals surface area (Å²) in [6.45, 7) is 7.45. The van der Waals surface area contributed by atoms with E-state index < -0.39 is 11.2 Å². The van der Waals surface area contributed by atoms with Gasteiger partial charge in [-0.15, -0.1) is 12.8 Å². The van der Waals surface area contributed by atoms with E-state index >= 15 is 0 Å². The third-order valence-electron chi connectivity index (χ3n) is 15.5. The molecule has 12 atom stereocenters.